The van der Waals surface area contributed by atoms with Crippen molar-refractivity contribution in [2.45, 2.75) is 26.3 Å². The fraction of sp³-hybridized carbons (Fsp3) is 0.381. The number of amides is 1. The molecule has 3 aromatic heterocycles. The predicted molar refractivity (Wildman–Crippen MR) is 106 cm³/mol. The molecule has 1 aliphatic heterocycles. The number of alkyl halides is 2. The maximum Gasteiger partial charge on any atom is 0.321 e. The first-order valence-corrected chi connectivity index (χ1v) is 9.95. The molecule has 0 unspecified atom stereocenters. The lowest BCUT2D eigenvalue weighted by Crippen LogP contribution is -2.37. The summed E-state index contributed by atoms with van der Waals surface area (Å²) in [5, 5.41) is 14.1. The first-order chi connectivity index (χ1) is 14.9. The van der Waals surface area contributed by atoms with Crippen molar-refractivity contribution in [1.82, 2.24) is 19.2 Å². The van der Waals surface area contributed by atoms with Gasteiger partial charge in [0.1, 0.15) is 10.9 Å². The van der Waals surface area contributed by atoms with E-state index < -0.39 is 17.5 Å². The van der Waals surface area contributed by atoms with Crippen molar-refractivity contribution in [2.75, 3.05) is 11.4 Å². The predicted octanol–water partition coefficient (Wildman–Crippen LogP) is 2.86. The lowest BCUT2D eigenvalue weighted by atomic mass is 9.75. The fourth-order valence-electron chi connectivity index (χ4n) is 4.54. The summed E-state index contributed by atoms with van der Waals surface area (Å²) in [7, 11) is 0. The van der Waals surface area contributed by atoms with Crippen LogP contribution >= 0.6 is 0 Å². The summed E-state index contributed by atoms with van der Waals surface area (Å²) in [6.07, 6.45) is 5.83. The normalized spacial score (nSPS) is 23.6. The lowest BCUT2D eigenvalue weighted by Gasteiger charge is -2.23. The van der Waals surface area contributed by atoms with Gasteiger partial charge in [0.25, 0.3) is 5.56 Å². The van der Waals surface area contributed by atoms with Crippen LogP contribution in [-0.4, -0.2) is 31.6 Å². The molecule has 0 radical (unpaired) electrons. The Balaban J connectivity index is 1.65. The van der Waals surface area contributed by atoms with Crippen LogP contribution in [0.3, 0.4) is 0 Å². The third-order valence-electron chi connectivity index (χ3n) is 6.31. The molecular formula is C21H18F2N6O2. The molecule has 2 atom stereocenters. The minimum atomic E-state index is -2.99. The zero-order valence-corrected chi connectivity index (χ0v) is 16.6. The maximum atomic E-state index is 13.4. The number of fused-ring (bicyclic) bond motifs is 1. The van der Waals surface area contributed by atoms with Crippen molar-refractivity contribution in [1.29, 1.82) is 5.26 Å². The van der Waals surface area contributed by atoms with Crippen LogP contribution in [0, 0.1) is 28.6 Å². The highest BCUT2D eigenvalue weighted by molar-refractivity contribution is 6.04. The zero-order valence-electron chi connectivity index (χ0n) is 16.6. The monoisotopic (exact) mass is 424 g/mol. The summed E-state index contributed by atoms with van der Waals surface area (Å²) in [6, 6.07) is 6.44. The standard InChI is InChI=1S/C21H18F2N6O2/c1-12-8-28(19(31)21(12,11-24)14-3-4-14)18-16-6-7-25-29(16)10-15(26-18)13-2-5-17(30)27(9-13)20(22)23/h2,5-7,9-10,12,14,20H,3-4,8H2,1H3/t12-,21+/m1/s1. The molecular weight excluding hydrogens is 406 g/mol. The number of halogens is 2. The topological polar surface area (TPSA) is 96.3 Å². The van der Waals surface area contributed by atoms with E-state index in [-0.39, 0.29) is 29.0 Å². The van der Waals surface area contributed by atoms with Crippen LogP contribution in [0.4, 0.5) is 14.6 Å². The van der Waals surface area contributed by atoms with Gasteiger partial charge in [-0.2, -0.15) is 19.1 Å². The molecule has 158 valence electrons. The SMILES string of the molecule is C[C@@H]1CN(c2nc(-c3ccc(=O)n(C(F)F)c3)cn3nccc23)C(=O)[C@]1(C#N)C1CC1. The molecule has 1 saturated carbocycles. The van der Waals surface area contributed by atoms with Crippen molar-refractivity contribution in [3.63, 3.8) is 0 Å². The second-order valence-electron chi connectivity index (χ2n) is 8.12. The smallest absolute Gasteiger partial charge is 0.293 e. The van der Waals surface area contributed by atoms with E-state index in [0.717, 1.165) is 25.1 Å². The zero-order chi connectivity index (χ0) is 21.9. The van der Waals surface area contributed by atoms with Crippen LogP contribution in [0.5, 0.6) is 0 Å². The van der Waals surface area contributed by atoms with Gasteiger partial charge in [-0.15, -0.1) is 0 Å². The molecule has 31 heavy (non-hydrogen) atoms. The molecule has 0 spiro atoms. The van der Waals surface area contributed by atoms with E-state index in [1.807, 2.05) is 6.92 Å². The van der Waals surface area contributed by atoms with Crippen LogP contribution in [-0.2, 0) is 4.79 Å². The quantitative estimate of drug-likeness (QED) is 0.642. The van der Waals surface area contributed by atoms with Gasteiger partial charge >= 0.3 is 6.55 Å². The van der Waals surface area contributed by atoms with E-state index >= 15 is 0 Å². The minimum absolute atomic E-state index is 0.0451. The van der Waals surface area contributed by atoms with Crippen LogP contribution in [0.25, 0.3) is 16.8 Å². The summed E-state index contributed by atoms with van der Waals surface area (Å²) in [5.41, 5.74) is -0.770. The second kappa shape index (κ2) is 6.70. The van der Waals surface area contributed by atoms with Crippen LogP contribution in [0.2, 0.25) is 0 Å². The molecule has 0 bridgehead atoms. The van der Waals surface area contributed by atoms with Crippen molar-refractivity contribution in [3.05, 3.63) is 47.1 Å². The average molecular weight is 424 g/mol. The highest BCUT2D eigenvalue weighted by Gasteiger charge is 2.61. The average Bonchev–Trinajstić information content (AvgIpc) is 3.42. The summed E-state index contributed by atoms with van der Waals surface area (Å²) < 4.78 is 28.2. The van der Waals surface area contributed by atoms with Gasteiger partial charge in [0.15, 0.2) is 5.82 Å². The highest BCUT2D eigenvalue weighted by atomic mass is 19.3. The number of rotatable bonds is 4. The van der Waals surface area contributed by atoms with Gasteiger partial charge in [-0.1, -0.05) is 6.92 Å². The molecule has 8 nitrogen and oxygen atoms in total. The maximum absolute atomic E-state index is 13.4. The Hall–Kier alpha value is -3.61. The van der Waals surface area contributed by atoms with Crippen molar-refractivity contribution in [3.8, 4) is 17.3 Å². The Morgan fingerprint density at radius 2 is 2.00 bits per heavy atom. The second-order valence-corrected chi connectivity index (χ2v) is 8.12. The molecule has 2 aliphatic rings. The molecule has 4 heterocycles. The van der Waals surface area contributed by atoms with Gasteiger partial charge in [-0.25, -0.2) is 9.50 Å². The van der Waals surface area contributed by atoms with Gasteiger partial charge in [0.05, 0.1) is 24.2 Å². The molecule has 2 fully saturated rings. The Morgan fingerprint density at radius 1 is 1.23 bits per heavy atom. The molecule has 10 heteroatoms. The molecule has 0 N–H and O–H groups in total. The number of aromatic nitrogens is 4. The Labute approximate surface area is 175 Å². The Morgan fingerprint density at radius 3 is 2.68 bits per heavy atom. The van der Waals surface area contributed by atoms with Crippen molar-refractivity contribution < 1.29 is 13.6 Å². The third kappa shape index (κ3) is 2.76. The summed E-state index contributed by atoms with van der Waals surface area (Å²) in [6.45, 7) is -0.761. The van der Waals surface area contributed by atoms with E-state index in [4.69, 9.17) is 0 Å². The molecule has 1 amide bonds. The van der Waals surface area contributed by atoms with E-state index in [2.05, 4.69) is 16.2 Å². The van der Waals surface area contributed by atoms with Gasteiger partial charge in [0, 0.05) is 30.3 Å². The lowest BCUT2D eigenvalue weighted by molar-refractivity contribution is -0.124. The summed E-state index contributed by atoms with van der Waals surface area (Å²) in [5.74, 6) is -0.0925. The number of pyridine rings is 1. The Bertz CT molecular complexity index is 1310. The van der Waals surface area contributed by atoms with E-state index in [9.17, 15) is 23.6 Å². The minimum Gasteiger partial charge on any atom is -0.293 e. The van der Waals surface area contributed by atoms with Crippen molar-refractivity contribution >= 4 is 17.2 Å². The van der Waals surface area contributed by atoms with Gasteiger partial charge < -0.3 is 0 Å². The van der Waals surface area contributed by atoms with Crippen LogP contribution < -0.4 is 10.5 Å². The summed E-state index contributed by atoms with van der Waals surface area (Å²) in [4.78, 5) is 31.3. The Kier molecular flexibility index (Phi) is 4.18. The number of carbonyl (C=O) groups is 1. The van der Waals surface area contributed by atoms with Gasteiger partial charge in [-0.05, 0) is 30.9 Å². The number of hydrogen-bond acceptors (Lipinski definition) is 5. The van der Waals surface area contributed by atoms with E-state index in [0.29, 0.717) is 22.4 Å². The molecule has 5 rings (SSSR count). The number of nitriles is 1. The summed E-state index contributed by atoms with van der Waals surface area (Å²) >= 11 is 0. The van der Waals surface area contributed by atoms with Gasteiger partial charge in [-0.3, -0.25) is 19.1 Å². The highest BCUT2D eigenvalue weighted by Crippen LogP contribution is 2.54. The molecule has 0 aromatic carbocycles. The molecule has 1 aliphatic carbocycles. The molecule has 3 aromatic rings. The fourth-order valence-corrected chi connectivity index (χ4v) is 4.54. The van der Waals surface area contributed by atoms with Crippen molar-refractivity contribution in [2.24, 2.45) is 17.3 Å². The largest absolute Gasteiger partial charge is 0.321 e. The molecule has 1 saturated heterocycles. The third-order valence-corrected chi connectivity index (χ3v) is 6.31. The van der Waals surface area contributed by atoms with Crippen LogP contribution in [0.15, 0.2) is 41.6 Å². The number of nitrogens with zero attached hydrogens (tertiary/aromatic N) is 6. The number of carbonyl (C=O) groups excluding carboxylic acids is 1. The van der Waals surface area contributed by atoms with Gasteiger partial charge in [0.2, 0.25) is 5.91 Å². The number of hydrogen-bond donors (Lipinski definition) is 0. The van der Waals surface area contributed by atoms with E-state index in [1.165, 1.54) is 15.5 Å². The van der Waals surface area contributed by atoms with Crippen LogP contribution in [0.1, 0.15) is 26.3 Å². The van der Waals surface area contributed by atoms with E-state index in [1.54, 1.807) is 18.5 Å². The number of anilines is 1. The first-order valence-electron chi connectivity index (χ1n) is 9.95. The first kappa shape index (κ1) is 19.4.